The number of pyridine rings is 1. The van der Waals surface area contributed by atoms with Gasteiger partial charge in [0.2, 0.25) is 11.3 Å². The summed E-state index contributed by atoms with van der Waals surface area (Å²) in [6.45, 7) is 4.51. The molecule has 0 atom stereocenters. The second-order valence-corrected chi connectivity index (χ2v) is 5.63. The Labute approximate surface area is 132 Å². The highest BCUT2D eigenvalue weighted by Gasteiger charge is 2.21. The van der Waals surface area contributed by atoms with Gasteiger partial charge in [-0.15, -0.1) is 0 Å². The summed E-state index contributed by atoms with van der Waals surface area (Å²) in [7, 11) is 0. The van der Waals surface area contributed by atoms with Gasteiger partial charge >= 0.3 is 0 Å². The minimum Gasteiger partial charge on any atom is -0.361 e. The van der Waals surface area contributed by atoms with Crippen LogP contribution < -0.4 is 10.2 Å². The van der Waals surface area contributed by atoms with Crippen LogP contribution in [0.2, 0.25) is 0 Å². The number of anilines is 2. The molecule has 0 bridgehead atoms. The third-order valence-electron chi connectivity index (χ3n) is 3.88. The molecule has 0 saturated carbocycles. The van der Waals surface area contributed by atoms with Crippen LogP contribution in [0.4, 0.5) is 11.6 Å². The van der Waals surface area contributed by atoms with Crippen molar-refractivity contribution in [3.63, 3.8) is 0 Å². The van der Waals surface area contributed by atoms with E-state index in [0.717, 1.165) is 43.1 Å². The lowest BCUT2D eigenvalue weighted by molar-refractivity contribution is 0.314. The zero-order chi connectivity index (χ0) is 15.6. The van der Waals surface area contributed by atoms with Crippen LogP contribution in [0.3, 0.4) is 0 Å². The Kier molecular flexibility index (Phi) is 3.49. The number of aromatic nitrogens is 5. The van der Waals surface area contributed by atoms with Crippen LogP contribution in [-0.4, -0.2) is 38.4 Å². The van der Waals surface area contributed by atoms with Gasteiger partial charge in [-0.05, 0) is 42.2 Å². The molecule has 3 aromatic heterocycles. The predicted octanol–water partition coefficient (Wildman–Crippen LogP) is 1.93. The molecule has 8 nitrogen and oxygen atoms in total. The van der Waals surface area contributed by atoms with E-state index >= 15 is 0 Å². The standard InChI is InChI=1S/C15H17N7O/c1-10-5-4-6-11(17-10)9-16-14-15(22-7-2-3-8-22)19-13-12(18-14)20-23-21-13/h4-6H,2-3,7-9H2,1H3,(H,16,18,20). The Morgan fingerprint density at radius 3 is 2.65 bits per heavy atom. The van der Waals surface area contributed by atoms with E-state index < -0.39 is 0 Å². The summed E-state index contributed by atoms with van der Waals surface area (Å²) in [6, 6.07) is 5.96. The summed E-state index contributed by atoms with van der Waals surface area (Å²) in [6.07, 6.45) is 2.32. The van der Waals surface area contributed by atoms with Crippen molar-refractivity contribution < 1.29 is 4.63 Å². The van der Waals surface area contributed by atoms with Crippen LogP contribution in [0.1, 0.15) is 24.2 Å². The molecule has 4 rings (SSSR count). The van der Waals surface area contributed by atoms with Gasteiger partial charge < -0.3 is 10.2 Å². The first kappa shape index (κ1) is 13.9. The number of aryl methyl sites for hydroxylation is 1. The first-order valence-electron chi connectivity index (χ1n) is 7.71. The van der Waals surface area contributed by atoms with E-state index in [1.54, 1.807) is 0 Å². The summed E-state index contributed by atoms with van der Waals surface area (Å²) in [5.74, 6) is 1.50. The Bertz CT molecular complexity index is 826. The van der Waals surface area contributed by atoms with Gasteiger partial charge in [0, 0.05) is 18.8 Å². The van der Waals surface area contributed by atoms with E-state index in [0.29, 0.717) is 23.7 Å². The van der Waals surface area contributed by atoms with Crippen molar-refractivity contribution >= 4 is 22.9 Å². The normalized spacial score (nSPS) is 14.6. The van der Waals surface area contributed by atoms with Gasteiger partial charge in [-0.2, -0.15) is 0 Å². The SMILES string of the molecule is Cc1cccc(CNc2nc3nonc3nc2N2CCCC2)n1. The lowest BCUT2D eigenvalue weighted by Gasteiger charge is -2.19. The summed E-state index contributed by atoms with van der Waals surface area (Å²) >= 11 is 0. The average molecular weight is 311 g/mol. The molecule has 0 aliphatic carbocycles. The van der Waals surface area contributed by atoms with Crippen molar-refractivity contribution in [3.8, 4) is 0 Å². The number of hydrogen-bond donors (Lipinski definition) is 1. The minimum atomic E-state index is 0.410. The highest BCUT2D eigenvalue weighted by Crippen LogP contribution is 2.27. The Hall–Kier alpha value is -2.77. The lowest BCUT2D eigenvalue weighted by atomic mass is 10.3. The molecule has 1 N–H and O–H groups in total. The Morgan fingerprint density at radius 2 is 1.87 bits per heavy atom. The third kappa shape index (κ3) is 2.79. The molecule has 1 aliphatic rings. The number of nitrogens with one attached hydrogen (secondary N) is 1. The topological polar surface area (TPSA) is 92.9 Å². The molecule has 0 spiro atoms. The van der Waals surface area contributed by atoms with Crippen molar-refractivity contribution in [1.82, 2.24) is 25.3 Å². The van der Waals surface area contributed by atoms with Gasteiger partial charge in [-0.3, -0.25) is 4.98 Å². The van der Waals surface area contributed by atoms with Crippen molar-refractivity contribution in [2.45, 2.75) is 26.3 Å². The fraction of sp³-hybridized carbons (Fsp3) is 0.400. The van der Waals surface area contributed by atoms with Gasteiger partial charge in [0.25, 0.3) is 0 Å². The smallest absolute Gasteiger partial charge is 0.245 e. The van der Waals surface area contributed by atoms with Crippen LogP contribution in [0.5, 0.6) is 0 Å². The van der Waals surface area contributed by atoms with E-state index in [1.807, 2.05) is 25.1 Å². The average Bonchev–Trinajstić information content (AvgIpc) is 3.23. The van der Waals surface area contributed by atoms with E-state index in [2.05, 4.69) is 35.5 Å². The molecule has 1 fully saturated rings. The van der Waals surface area contributed by atoms with E-state index in [4.69, 9.17) is 4.63 Å². The maximum atomic E-state index is 4.73. The molecule has 23 heavy (non-hydrogen) atoms. The Morgan fingerprint density at radius 1 is 1.09 bits per heavy atom. The molecular weight excluding hydrogens is 294 g/mol. The van der Waals surface area contributed by atoms with E-state index in [9.17, 15) is 0 Å². The van der Waals surface area contributed by atoms with Crippen LogP contribution >= 0.6 is 0 Å². The molecule has 4 heterocycles. The zero-order valence-electron chi connectivity index (χ0n) is 12.9. The maximum absolute atomic E-state index is 4.73. The van der Waals surface area contributed by atoms with Crippen LogP contribution in [0.15, 0.2) is 22.8 Å². The Balaban J connectivity index is 1.65. The first-order valence-corrected chi connectivity index (χ1v) is 7.71. The van der Waals surface area contributed by atoms with Gasteiger partial charge in [-0.25, -0.2) is 14.6 Å². The molecule has 0 aromatic carbocycles. The molecule has 8 heteroatoms. The quantitative estimate of drug-likeness (QED) is 0.781. The number of hydrogen-bond acceptors (Lipinski definition) is 8. The number of fused-ring (bicyclic) bond motifs is 1. The van der Waals surface area contributed by atoms with Gasteiger partial charge in [0.15, 0.2) is 11.6 Å². The van der Waals surface area contributed by atoms with Crippen LogP contribution in [-0.2, 0) is 6.54 Å². The summed E-state index contributed by atoms with van der Waals surface area (Å²) in [4.78, 5) is 15.8. The molecular formula is C15H17N7O. The molecule has 0 amide bonds. The number of rotatable bonds is 4. The molecule has 1 saturated heterocycles. The lowest BCUT2D eigenvalue weighted by Crippen LogP contribution is -2.21. The summed E-state index contributed by atoms with van der Waals surface area (Å²) in [5.41, 5.74) is 2.79. The monoisotopic (exact) mass is 311 g/mol. The summed E-state index contributed by atoms with van der Waals surface area (Å²) < 4.78 is 4.73. The van der Waals surface area contributed by atoms with E-state index in [1.165, 1.54) is 0 Å². The van der Waals surface area contributed by atoms with Crippen molar-refractivity contribution in [2.24, 2.45) is 0 Å². The highest BCUT2D eigenvalue weighted by atomic mass is 16.6. The maximum Gasteiger partial charge on any atom is 0.245 e. The molecule has 3 aromatic rings. The molecule has 0 unspecified atom stereocenters. The van der Waals surface area contributed by atoms with Gasteiger partial charge in [0.05, 0.1) is 12.2 Å². The molecule has 118 valence electrons. The largest absolute Gasteiger partial charge is 0.361 e. The molecule has 0 radical (unpaired) electrons. The fourth-order valence-electron chi connectivity index (χ4n) is 2.77. The summed E-state index contributed by atoms with van der Waals surface area (Å²) in [5, 5.41) is 10.9. The van der Waals surface area contributed by atoms with Crippen molar-refractivity contribution in [3.05, 3.63) is 29.6 Å². The minimum absolute atomic E-state index is 0.410. The number of nitrogens with zero attached hydrogens (tertiary/aromatic N) is 6. The third-order valence-corrected chi connectivity index (χ3v) is 3.88. The fourth-order valence-corrected chi connectivity index (χ4v) is 2.77. The highest BCUT2D eigenvalue weighted by molar-refractivity contribution is 5.74. The predicted molar refractivity (Wildman–Crippen MR) is 85.1 cm³/mol. The van der Waals surface area contributed by atoms with Crippen molar-refractivity contribution in [1.29, 1.82) is 0 Å². The van der Waals surface area contributed by atoms with E-state index in [-0.39, 0.29) is 0 Å². The van der Waals surface area contributed by atoms with Crippen LogP contribution in [0, 0.1) is 6.92 Å². The second kappa shape index (κ2) is 5.79. The molecule has 1 aliphatic heterocycles. The van der Waals surface area contributed by atoms with Crippen molar-refractivity contribution in [2.75, 3.05) is 23.3 Å². The van der Waals surface area contributed by atoms with Gasteiger partial charge in [-0.1, -0.05) is 6.07 Å². The van der Waals surface area contributed by atoms with Gasteiger partial charge in [0.1, 0.15) is 0 Å². The first-order chi connectivity index (χ1) is 11.3. The zero-order valence-corrected chi connectivity index (χ0v) is 12.9. The second-order valence-electron chi connectivity index (χ2n) is 5.63. The van der Waals surface area contributed by atoms with Crippen LogP contribution in [0.25, 0.3) is 11.3 Å².